The van der Waals surface area contributed by atoms with Gasteiger partial charge in [-0.2, -0.15) is 0 Å². The summed E-state index contributed by atoms with van der Waals surface area (Å²) in [5.74, 6) is 0.672. The molecule has 0 atom stereocenters. The van der Waals surface area contributed by atoms with Crippen molar-refractivity contribution in [3.8, 4) is 0 Å². The van der Waals surface area contributed by atoms with Crippen molar-refractivity contribution < 1.29 is 0 Å². The van der Waals surface area contributed by atoms with E-state index in [-0.39, 0.29) is 5.56 Å². The molecule has 0 saturated carbocycles. The smallest absolute Gasteiger partial charge is 0.258 e. The molecule has 68 valence electrons. The Morgan fingerprint density at radius 3 is 2.62 bits per heavy atom. The summed E-state index contributed by atoms with van der Waals surface area (Å²) in [6.07, 6.45) is 3.75. The van der Waals surface area contributed by atoms with Crippen LogP contribution in [0.25, 0.3) is 12.2 Å². The van der Waals surface area contributed by atoms with Gasteiger partial charge in [-0.3, -0.25) is 4.79 Å². The normalized spacial score (nSPS) is 9.62. The van der Waals surface area contributed by atoms with Gasteiger partial charge in [0.1, 0.15) is 5.82 Å². The van der Waals surface area contributed by atoms with E-state index in [2.05, 4.69) is 23.1 Å². The zero-order valence-corrected chi connectivity index (χ0v) is 7.63. The molecule has 0 aliphatic carbocycles. The number of nitrogens with zero attached hydrogens (tertiary/aromatic N) is 1. The van der Waals surface area contributed by atoms with Crippen LogP contribution in [-0.2, 0) is 6.42 Å². The van der Waals surface area contributed by atoms with Crippen LogP contribution in [0, 0.1) is 0 Å². The van der Waals surface area contributed by atoms with E-state index in [0.717, 1.165) is 0 Å². The van der Waals surface area contributed by atoms with Gasteiger partial charge in [0.05, 0.1) is 11.3 Å². The van der Waals surface area contributed by atoms with E-state index in [4.69, 9.17) is 0 Å². The van der Waals surface area contributed by atoms with E-state index < -0.39 is 0 Å². The quantitative estimate of drug-likeness (QED) is 0.760. The van der Waals surface area contributed by atoms with E-state index in [1.54, 1.807) is 6.08 Å². The van der Waals surface area contributed by atoms with Crippen molar-refractivity contribution in [1.29, 1.82) is 0 Å². The highest BCUT2D eigenvalue weighted by Gasteiger charge is 2.03. The first-order valence-electron chi connectivity index (χ1n) is 4.11. The number of H-pyrrole nitrogens is 1. The number of aromatic amines is 1. The highest BCUT2D eigenvalue weighted by molar-refractivity contribution is 5.59. The number of rotatable bonds is 3. The minimum absolute atomic E-state index is 0.156. The number of nitrogens with one attached hydrogen (secondary N) is 1. The molecular weight excluding hydrogens is 164 g/mol. The molecule has 0 aromatic carbocycles. The predicted molar refractivity (Wildman–Crippen MR) is 54.4 cm³/mol. The van der Waals surface area contributed by atoms with Crippen LogP contribution < -0.4 is 5.56 Å². The molecule has 0 radical (unpaired) electrons. The van der Waals surface area contributed by atoms with Gasteiger partial charge in [-0.25, -0.2) is 4.98 Å². The van der Waals surface area contributed by atoms with Gasteiger partial charge in [-0.05, 0) is 6.08 Å². The van der Waals surface area contributed by atoms with Crippen LogP contribution in [0.1, 0.15) is 24.0 Å². The summed E-state index contributed by atoms with van der Waals surface area (Å²) < 4.78 is 0. The van der Waals surface area contributed by atoms with Crippen molar-refractivity contribution in [1.82, 2.24) is 9.97 Å². The summed E-state index contributed by atoms with van der Waals surface area (Å²) in [5.41, 5.74) is 0.916. The van der Waals surface area contributed by atoms with Crippen molar-refractivity contribution >= 4 is 12.2 Å². The highest BCUT2D eigenvalue weighted by Crippen LogP contribution is 2.03. The molecule has 1 aromatic heterocycles. The molecule has 0 spiro atoms. The monoisotopic (exact) mass is 176 g/mol. The summed E-state index contributed by atoms with van der Waals surface area (Å²) in [7, 11) is 0. The Hall–Kier alpha value is -1.64. The first kappa shape index (κ1) is 9.45. The Labute approximate surface area is 76.8 Å². The van der Waals surface area contributed by atoms with Gasteiger partial charge < -0.3 is 4.98 Å². The van der Waals surface area contributed by atoms with Gasteiger partial charge >= 0.3 is 0 Å². The molecule has 3 heteroatoms. The Morgan fingerprint density at radius 1 is 1.46 bits per heavy atom. The lowest BCUT2D eigenvalue weighted by Gasteiger charge is -2.01. The first-order valence-corrected chi connectivity index (χ1v) is 4.11. The van der Waals surface area contributed by atoms with Gasteiger partial charge in [0.2, 0.25) is 0 Å². The predicted octanol–water partition coefficient (Wildman–Crippen LogP) is 1.62. The summed E-state index contributed by atoms with van der Waals surface area (Å²) in [4.78, 5) is 18.3. The topological polar surface area (TPSA) is 45.8 Å². The van der Waals surface area contributed by atoms with Crippen LogP contribution in [0.3, 0.4) is 0 Å². The van der Waals surface area contributed by atoms with Gasteiger partial charge in [-0.15, -0.1) is 0 Å². The zero-order valence-electron chi connectivity index (χ0n) is 7.63. The first-order chi connectivity index (χ1) is 6.22. The van der Waals surface area contributed by atoms with Crippen LogP contribution in [0.5, 0.6) is 0 Å². The van der Waals surface area contributed by atoms with Crippen molar-refractivity contribution in [2.24, 2.45) is 0 Å². The lowest BCUT2D eigenvalue weighted by molar-refractivity contribution is 0.911. The Kier molecular flexibility index (Phi) is 2.80. The van der Waals surface area contributed by atoms with E-state index in [9.17, 15) is 4.79 Å². The summed E-state index contributed by atoms with van der Waals surface area (Å²) in [5, 5.41) is 0. The lowest BCUT2D eigenvalue weighted by Crippen LogP contribution is -2.15. The van der Waals surface area contributed by atoms with Crippen LogP contribution in [0.15, 0.2) is 18.0 Å². The van der Waals surface area contributed by atoms with E-state index in [1.165, 1.54) is 6.08 Å². The van der Waals surface area contributed by atoms with E-state index >= 15 is 0 Å². The Morgan fingerprint density at radius 2 is 2.15 bits per heavy atom. The number of hydrogen-bond acceptors (Lipinski definition) is 2. The minimum atomic E-state index is -0.156. The fourth-order valence-corrected chi connectivity index (χ4v) is 1.07. The zero-order chi connectivity index (χ0) is 9.84. The Balaban J connectivity index is 3.46. The van der Waals surface area contributed by atoms with Crippen LogP contribution >= 0.6 is 0 Å². The third-order valence-electron chi connectivity index (χ3n) is 1.77. The van der Waals surface area contributed by atoms with Crippen LogP contribution in [-0.4, -0.2) is 9.97 Å². The van der Waals surface area contributed by atoms with E-state index in [1.807, 2.05) is 6.92 Å². The average molecular weight is 176 g/mol. The molecule has 0 aliphatic rings. The molecule has 0 aliphatic heterocycles. The minimum Gasteiger partial charge on any atom is -0.310 e. The summed E-state index contributed by atoms with van der Waals surface area (Å²) in [6, 6.07) is 0. The molecule has 13 heavy (non-hydrogen) atoms. The maximum Gasteiger partial charge on any atom is 0.258 e. The third-order valence-corrected chi connectivity index (χ3v) is 1.77. The van der Waals surface area contributed by atoms with Crippen molar-refractivity contribution in [3.63, 3.8) is 0 Å². The fourth-order valence-electron chi connectivity index (χ4n) is 1.07. The maximum absolute atomic E-state index is 11.4. The molecule has 1 rings (SSSR count). The van der Waals surface area contributed by atoms with Crippen molar-refractivity contribution in [2.45, 2.75) is 13.3 Å². The number of hydrogen-bond donors (Lipinski definition) is 1. The van der Waals surface area contributed by atoms with Gasteiger partial charge in [0.25, 0.3) is 5.56 Å². The standard InChI is InChI=1S/C10H12N2O/c1-4-7-8(5-2)11-9(6-3)12-10(7)13/h4-5H,1-2,6H2,3H3,(H,11,12,13). The molecule has 0 unspecified atom stereocenters. The number of aryl methyl sites for hydroxylation is 1. The summed E-state index contributed by atoms with van der Waals surface area (Å²) in [6.45, 7) is 9.07. The second kappa shape index (κ2) is 3.85. The SMILES string of the molecule is C=Cc1nc(CC)[nH]c(=O)c1C=C. The maximum atomic E-state index is 11.4. The van der Waals surface area contributed by atoms with Crippen LogP contribution in [0.2, 0.25) is 0 Å². The average Bonchev–Trinajstić information content (AvgIpc) is 2.16. The molecule has 0 bridgehead atoms. The molecule has 3 nitrogen and oxygen atoms in total. The van der Waals surface area contributed by atoms with Gasteiger partial charge in [0, 0.05) is 6.42 Å². The largest absolute Gasteiger partial charge is 0.310 e. The van der Waals surface area contributed by atoms with Crippen molar-refractivity contribution in [2.75, 3.05) is 0 Å². The molecule has 0 saturated heterocycles. The number of aromatic nitrogens is 2. The molecule has 1 N–H and O–H groups in total. The molecule has 0 fully saturated rings. The molecule has 1 aromatic rings. The Bertz CT molecular complexity index is 390. The van der Waals surface area contributed by atoms with Gasteiger partial charge in [-0.1, -0.05) is 26.2 Å². The van der Waals surface area contributed by atoms with Gasteiger partial charge in [0.15, 0.2) is 0 Å². The van der Waals surface area contributed by atoms with E-state index in [0.29, 0.717) is 23.5 Å². The lowest BCUT2D eigenvalue weighted by atomic mass is 10.2. The fraction of sp³-hybridized carbons (Fsp3) is 0.200. The summed E-state index contributed by atoms with van der Waals surface area (Å²) >= 11 is 0. The second-order valence-corrected chi connectivity index (χ2v) is 2.57. The van der Waals surface area contributed by atoms with Crippen molar-refractivity contribution in [3.05, 3.63) is 40.6 Å². The second-order valence-electron chi connectivity index (χ2n) is 2.57. The van der Waals surface area contributed by atoms with Crippen LogP contribution in [0.4, 0.5) is 0 Å². The highest BCUT2D eigenvalue weighted by atomic mass is 16.1. The third kappa shape index (κ3) is 1.75. The molecule has 0 amide bonds. The molecule has 1 heterocycles. The molecular formula is C10H12N2O.